The molecule has 82 valence electrons. The highest BCUT2D eigenvalue weighted by Crippen LogP contribution is 2.17. The smallest absolute Gasteiger partial charge is 0.0932 e. The molecule has 2 saturated heterocycles. The van der Waals surface area contributed by atoms with Crippen LogP contribution in [0.3, 0.4) is 0 Å². The van der Waals surface area contributed by atoms with Gasteiger partial charge in [-0.3, -0.25) is 4.90 Å². The summed E-state index contributed by atoms with van der Waals surface area (Å²) in [7, 11) is 0. The maximum atomic E-state index is 9.03. The summed E-state index contributed by atoms with van der Waals surface area (Å²) in [6.45, 7) is 4.53. The van der Waals surface area contributed by atoms with Crippen molar-refractivity contribution in [2.45, 2.75) is 25.0 Å². The SMILES string of the molecule is OCC1CN(C2CCOCC2)CCO1. The number of hydrogen-bond acceptors (Lipinski definition) is 4. The lowest BCUT2D eigenvalue weighted by Gasteiger charge is -2.39. The second-order valence-corrected chi connectivity index (χ2v) is 4.01. The molecule has 2 aliphatic heterocycles. The number of morpholine rings is 1. The van der Waals surface area contributed by atoms with Crippen molar-refractivity contribution in [1.82, 2.24) is 4.90 Å². The van der Waals surface area contributed by atoms with Gasteiger partial charge in [-0.05, 0) is 12.8 Å². The molecule has 0 aliphatic carbocycles. The van der Waals surface area contributed by atoms with E-state index in [0.717, 1.165) is 45.8 Å². The van der Waals surface area contributed by atoms with E-state index in [0.29, 0.717) is 6.04 Å². The van der Waals surface area contributed by atoms with Gasteiger partial charge in [-0.25, -0.2) is 0 Å². The summed E-state index contributed by atoms with van der Waals surface area (Å²) in [6.07, 6.45) is 2.27. The predicted molar refractivity (Wildman–Crippen MR) is 52.2 cm³/mol. The van der Waals surface area contributed by atoms with E-state index in [1.807, 2.05) is 0 Å². The van der Waals surface area contributed by atoms with E-state index in [4.69, 9.17) is 14.6 Å². The number of ether oxygens (including phenoxy) is 2. The fourth-order valence-electron chi connectivity index (χ4n) is 2.23. The molecule has 4 nitrogen and oxygen atoms in total. The van der Waals surface area contributed by atoms with E-state index in [1.54, 1.807) is 0 Å². The third kappa shape index (κ3) is 2.45. The lowest BCUT2D eigenvalue weighted by atomic mass is 10.1. The predicted octanol–water partition coefficient (Wildman–Crippen LogP) is -0.141. The average molecular weight is 201 g/mol. The number of nitrogens with zero attached hydrogens (tertiary/aromatic N) is 1. The Bertz CT molecular complexity index is 171. The molecule has 0 aromatic carbocycles. The maximum Gasteiger partial charge on any atom is 0.0932 e. The van der Waals surface area contributed by atoms with Crippen LogP contribution in [0, 0.1) is 0 Å². The largest absolute Gasteiger partial charge is 0.394 e. The molecule has 2 heterocycles. The van der Waals surface area contributed by atoms with Gasteiger partial charge in [0.2, 0.25) is 0 Å². The van der Waals surface area contributed by atoms with Crippen LogP contribution in [0.5, 0.6) is 0 Å². The van der Waals surface area contributed by atoms with Gasteiger partial charge in [0, 0.05) is 32.3 Å². The van der Waals surface area contributed by atoms with Crippen LogP contribution < -0.4 is 0 Å². The van der Waals surface area contributed by atoms with Crippen molar-refractivity contribution in [1.29, 1.82) is 0 Å². The normalized spacial score (nSPS) is 31.9. The van der Waals surface area contributed by atoms with Crippen LogP contribution in [0.2, 0.25) is 0 Å². The molecule has 0 spiro atoms. The van der Waals surface area contributed by atoms with Crippen LogP contribution in [0.25, 0.3) is 0 Å². The minimum Gasteiger partial charge on any atom is -0.394 e. The zero-order valence-electron chi connectivity index (χ0n) is 8.52. The Labute approximate surface area is 84.8 Å². The molecule has 1 atom stereocenters. The summed E-state index contributed by atoms with van der Waals surface area (Å²) in [5, 5.41) is 9.03. The molecule has 1 N–H and O–H groups in total. The number of aliphatic hydroxyl groups is 1. The Kier molecular flexibility index (Phi) is 3.75. The van der Waals surface area contributed by atoms with Gasteiger partial charge >= 0.3 is 0 Å². The molecule has 0 aromatic rings. The highest BCUT2D eigenvalue weighted by molar-refractivity contribution is 4.79. The third-order valence-electron chi connectivity index (χ3n) is 3.08. The van der Waals surface area contributed by atoms with Crippen molar-refractivity contribution in [2.75, 3.05) is 39.5 Å². The van der Waals surface area contributed by atoms with Crippen LogP contribution in [-0.2, 0) is 9.47 Å². The van der Waals surface area contributed by atoms with Crippen molar-refractivity contribution in [2.24, 2.45) is 0 Å². The zero-order valence-corrected chi connectivity index (χ0v) is 8.52. The molecule has 14 heavy (non-hydrogen) atoms. The molecule has 0 amide bonds. The molecule has 0 aromatic heterocycles. The fourth-order valence-corrected chi connectivity index (χ4v) is 2.23. The Hall–Kier alpha value is -0.160. The van der Waals surface area contributed by atoms with Gasteiger partial charge in [0.15, 0.2) is 0 Å². The van der Waals surface area contributed by atoms with E-state index >= 15 is 0 Å². The number of hydrogen-bond donors (Lipinski definition) is 1. The van der Waals surface area contributed by atoms with E-state index in [9.17, 15) is 0 Å². The van der Waals surface area contributed by atoms with Gasteiger partial charge in [-0.2, -0.15) is 0 Å². The Balaban J connectivity index is 1.83. The van der Waals surface area contributed by atoms with Gasteiger partial charge in [0.1, 0.15) is 0 Å². The lowest BCUT2D eigenvalue weighted by molar-refractivity contribution is -0.0781. The molecule has 0 saturated carbocycles. The summed E-state index contributed by atoms with van der Waals surface area (Å²) in [5.74, 6) is 0. The van der Waals surface area contributed by atoms with E-state index in [2.05, 4.69) is 4.90 Å². The number of aliphatic hydroxyl groups excluding tert-OH is 1. The highest BCUT2D eigenvalue weighted by atomic mass is 16.5. The topological polar surface area (TPSA) is 41.9 Å². The summed E-state index contributed by atoms with van der Waals surface area (Å²) in [5.41, 5.74) is 0. The molecule has 2 rings (SSSR count). The van der Waals surface area contributed by atoms with Gasteiger partial charge in [-0.15, -0.1) is 0 Å². The van der Waals surface area contributed by atoms with E-state index < -0.39 is 0 Å². The van der Waals surface area contributed by atoms with Crippen molar-refractivity contribution in [3.05, 3.63) is 0 Å². The second kappa shape index (κ2) is 5.07. The van der Waals surface area contributed by atoms with Crippen LogP contribution >= 0.6 is 0 Å². The molecular weight excluding hydrogens is 182 g/mol. The van der Waals surface area contributed by atoms with Crippen molar-refractivity contribution in [3.8, 4) is 0 Å². The molecule has 0 radical (unpaired) electrons. The van der Waals surface area contributed by atoms with Gasteiger partial charge in [0.05, 0.1) is 19.3 Å². The Morgan fingerprint density at radius 1 is 1.21 bits per heavy atom. The minimum atomic E-state index is 0.0200. The quantitative estimate of drug-likeness (QED) is 0.675. The molecule has 0 bridgehead atoms. The molecule has 1 unspecified atom stereocenters. The fraction of sp³-hybridized carbons (Fsp3) is 1.00. The summed E-state index contributed by atoms with van der Waals surface area (Å²) >= 11 is 0. The van der Waals surface area contributed by atoms with Gasteiger partial charge in [0.25, 0.3) is 0 Å². The lowest BCUT2D eigenvalue weighted by Crippen LogP contribution is -2.50. The van der Waals surface area contributed by atoms with Gasteiger partial charge < -0.3 is 14.6 Å². The third-order valence-corrected chi connectivity index (χ3v) is 3.08. The average Bonchev–Trinajstić information content (AvgIpc) is 2.30. The Morgan fingerprint density at radius 2 is 2.00 bits per heavy atom. The standard InChI is InChI=1S/C10H19NO3/c12-8-10-7-11(3-6-14-10)9-1-4-13-5-2-9/h9-10,12H,1-8H2. The van der Waals surface area contributed by atoms with Crippen molar-refractivity contribution in [3.63, 3.8) is 0 Å². The molecule has 2 aliphatic rings. The van der Waals surface area contributed by atoms with Crippen molar-refractivity contribution < 1.29 is 14.6 Å². The first-order chi connectivity index (χ1) is 6.90. The monoisotopic (exact) mass is 201 g/mol. The first kappa shape index (κ1) is 10.4. The van der Waals surface area contributed by atoms with Crippen LogP contribution in [-0.4, -0.2) is 61.7 Å². The highest BCUT2D eigenvalue weighted by Gasteiger charge is 2.27. The summed E-state index contributed by atoms with van der Waals surface area (Å²) in [4.78, 5) is 2.44. The van der Waals surface area contributed by atoms with Crippen molar-refractivity contribution >= 4 is 0 Å². The first-order valence-electron chi connectivity index (χ1n) is 5.44. The maximum absolute atomic E-state index is 9.03. The first-order valence-corrected chi connectivity index (χ1v) is 5.44. The molecule has 4 heteroatoms. The van der Waals surface area contributed by atoms with Crippen LogP contribution in [0.4, 0.5) is 0 Å². The zero-order chi connectivity index (χ0) is 9.80. The molecule has 2 fully saturated rings. The Morgan fingerprint density at radius 3 is 2.71 bits per heavy atom. The minimum absolute atomic E-state index is 0.0200. The molecular formula is C10H19NO3. The van der Waals surface area contributed by atoms with Crippen LogP contribution in [0.15, 0.2) is 0 Å². The second-order valence-electron chi connectivity index (χ2n) is 4.01. The number of rotatable bonds is 2. The summed E-state index contributed by atoms with van der Waals surface area (Å²) < 4.78 is 10.8. The van der Waals surface area contributed by atoms with E-state index in [1.165, 1.54) is 0 Å². The summed E-state index contributed by atoms with van der Waals surface area (Å²) in [6, 6.07) is 0.640. The van der Waals surface area contributed by atoms with Crippen LogP contribution in [0.1, 0.15) is 12.8 Å². The van der Waals surface area contributed by atoms with E-state index in [-0.39, 0.29) is 12.7 Å². The van der Waals surface area contributed by atoms with Gasteiger partial charge in [-0.1, -0.05) is 0 Å².